The van der Waals surface area contributed by atoms with E-state index in [1.54, 1.807) is 13.2 Å². The lowest BCUT2D eigenvalue weighted by molar-refractivity contribution is -0.126. The highest BCUT2D eigenvalue weighted by atomic mass is 16.5. The fraction of sp³-hybridized carbons (Fsp3) is 0.172. The highest BCUT2D eigenvalue weighted by molar-refractivity contribution is 5.93. The van der Waals surface area contributed by atoms with Crippen LogP contribution in [0.5, 0.6) is 5.75 Å². The summed E-state index contributed by atoms with van der Waals surface area (Å²) in [5.41, 5.74) is 4.83. The molecule has 1 aliphatic heterocycles. The molecule has 0 atom stereocenters. The molecule has 2 heterocycles. The topological polar surface area (TPSA) is 50.6 Å². The SMILES string of the molecule is COc1ccc(-c2nn(-c3ccccc3)cc2C=CC(=O)N2CCN(c3ccccc3)CC2)cc1. The summed E-state index contributed by atoms with van der Waals surface area (Å²) < 4.78 is 7.15. The van der Waals surface area contributed by atoms with Crippen molar-refractivity contribution in [3.05, 3.63) is 103 Å². The molecule has 0 aliphatic carbocycles. The van der Waals surface area contributed by atoms with Gasteiger partial charge in [-0.2, -0.15) is 5.10 Å². The van der Waals surface area contributed by atoms with Gasteiger partial charge in [-0.1, -0.05) is 36.4 Å². The molecule has 0 radical (unpaired) electrons. The van der Waals surface area contributed by atoms with E-state index in [9.17, 15) is 4.79 Å². The summed E-state index contributed by atoms with van der Waals surface area (Å²) in [6, 6.07) is 28.1. The predicted molar refractivity (Wildman–Crippen MR) is 140 cm³/mol. The molecule has 1 fully saturated rings. The van der Waals surface area contributed by atoms with Gasteiger partial charge in [-0.05, 0) is 54.6 Å². The van der Waals surface area contributed by atoms with Crippen molar-refractivity contribution in [2.75, 3.05) is 38.2 Å². The fourth-order valence-electron chi connectivity index (χ4n) is 4.29. The van der Waals surface area contributed by atoms with Gasteiger partial charge in [0.1, 0.15) is 5.75 Å². The van der Waals surface area contributed by atoms with Crippen LogP contribution in [0.1, 0.15) is 5.56 Å². The first-order valence-electron chi connectivity index (χ1n) is 11.8. The number of para-hydroxylation sites is 2. The minimum Gasteiger partial charge on any atom is -0.497 e. The number of methoxy groups -OCH3 is 1. The Labute approximate surface area is 205 Å². The molecule has 0 saturated carbocycles. The van der Waals surface area contributed by atoms with Crippen LogP contribution in [0.2, 0.25) is 0 Å². The summed E-state index contributed by atoms with van der Waals surface area (Å²) in [5.74, 6) is 0.809. The van der Waals surface area contributed by atoms with E-state index in [2.05, 4.69) is 17.0 Å². The van der Waals surface area contributed by atoms with Crippen molar-refractivity contribution >= 4 is 17.7 Å². The molecule has 4 aromatic rings. The molecule has 1 saturated heterocycles. The van der Waals surface area contributed by atoms with E-state index in [0.29, 0.717) is 13.1 Å². The Bertz CT molecular complexity index is 1290. The van der Waals surface area contributed by atoms with Crippen LogP contribution >= 0.6 is 0 Å². The Hall–Kier alpha value is -4.32. The van der Waals surface area contributed by atoms with Crippen LogP contribution in [-0.4, -0.2) is 53.9 Å². The van der Waals surface area contributed by atoms with Crippen molar-refractivity contribution in [2.45, 2.75) is 0 Å². The monoisotopic (exact) mass is 464 g/mol. The van der Waals surface area contributed by atoms with E-state index in [4.69, 9.17) is 9.84 Å². The van der Waals surface area contributed by atoms with Gasteiger partial charge in [-0.25, -0.2) is 4.68 Å². The Morgan fingerprint density at radius 3 is 2.09 bits per heavy atom. The number of hydrogen-bond acceptors (Lipinski definition) is 4. The Balaban J connectivity index is 1.35. The van der Waals surface area contributed by atoms with Gasteiger partial charge in [0.15, 0.2) is 0 Å². The number of amides is 1. The number of aromatic nitrogens is 2. The van der Waals surface area contributed by atoms with E-state index in [-0.39, 0.29) is 5.91 Å². The van der Waals surface area contributed by atoms with Crippen LogP contribution in [0, 0.1) is 0 Å². The summed E-state index contributed by atoms with van der Waals surface area (Å²) >= 11 is 0. The molecule has 6 nitrogen and oxygen atoms in total. The first-order valence-corrected chi connectivity index (χ1v) is 11.8. The van der Waals surface area contributed by atoms with Crippen molar-refractivity contribution < 1.29 is 9.53 Å². The molecule has 0 bridgehead atoms. The predicted octanol–water partition coefficient (Wildman–Crippen LogP) is 4.91. The third-order valence-corrected chi connectivity index (χ3v) is 6.24. The van der Waals surface area contributed by atoms with Crippen LogP contribution in [0.4, 0.5) is 5.69 Å². The second-order valence-electron chi connectivity index (χ2n) is 8.42. The maximum atomic E-state index is 13.0. The number of benzene rings is 3. The number of nitrogens with zero attached hydrogens (tertiary/aromatic N) is 4. The molecule has 1 aliphatic rings. The Morgan fingerprint density at radius 2 is 1.46 bits per heavy atom. The maximum Gasteiger partial charge on any atom is 0.246 e. The van der Waals surface area contributed by atoms with Crippen LogP contribution < -0.4 is 9.64 Å². The van der Waals surface area contributed by atoms with Gasteiger partial charge in [0.2, 0.25) is 5.91 Å². The summed E-state index contributed by atoms with van der Waals surface area (Å²) in [6.07, 6.45) is 5.50. The smallest absolute Gasteiger partial charge is 0.246 e. The standard InChI is InChI=1S/C29H28N4O2/c1-35-27-15-12-23(13-16-27)29-24(22-33(30-29)26-10-6-3-7-11-26)14-17-28(34)32-20-18-31(19-21-32)25-8-4-2-5-9-25/h2-17,22H,18-21H2,1H3. The summed E-state index contributed by atoms with van der Waals surface area (Å²) in [7, 11) is 1.65. The lowest BCUT2D eigenvalue weighted by atomic mass is 10.1. The number of rotatable bonds is 6. The zero-order chi connectivity index (χ0) is 24.0. The first-order chi connectivity index (χ1) is 17.2. The highest BCUT2D eigenvalue weighted by Crippen LogP contribution is 2.27. The highest BCUT2D eigenvalue weighted by Gasteiger charge is 2.20. The molecule has 3 aromatic carbocycles. The molecular formula is C29H28N4O2. The summed E-state index contributed by atoms with van der Waals surface area (Å²) in [6.45, 7) is 3.05. The minimum absolute atomic E-state index is 0.0193. The van der Waals surface area contributed by atoms with Crippen LogP contribution in [-0.2, 0) is 4.79 Å². The second kappa shape index (κ2) is 10.3. The number of carbonyl (C=O) groups excluding carboxylic acids is 1. The molecule has 1 amide bonds. The molecular weight excluding hydrogens is 436 g/mol. The second-order valence-corrected chi connectivity index (χ2v) is 8.42. The number of hydrogen-bond donors (Lipinski definition) is 0. The van der Waals surface area contributed by atoms with Gasteiger partial charge in [-0.15, -0.1) is 0 Å². The van der Waals surface area contributed by atoms with E-state index in [0.717, 1.165) is 41.3 Å². The zero-order valence-electron chi connectivity index (χ0n) is 19.7. The Morgan fingerprint density at radius 1 is 0.829 bits per heavy atom. The largest absolute Gasteiger partial charge is 0.497 e. The maximum absolute atomic E-state index is 13.0. The average Bonchev–Trinajstić information content (AvgIpc) is 3.37. The minimum atomic E-state index is 0.0193. The van der Waals surface area contributed by atoms with Gasteiger partial charge >= 0.3 is 0 Å². The lowest BCUT2D eigenvalue weighted by Crippen LogP contribution is -2.48. The zero-order valence-corrected chi connectivity index (χ0v) is 19.7. The van der Waals surface area contributed by atoms with Gasteiger partial charge in [0.05, 0.1) is 18.5 Å². The summed E-state index contributed by atoms with van der Waals surface area (Å²) in [4.78, 5) is 17.2. The number of carbonyl (C=O) groups is 1. The van der Waals surface area contributed by atoms with E-state index < -0.39 is 0 Å². The molecule has 0 unspecified atom stereocenters. The normalized spacial score (nSPS) is 13.9. The molecule has 6 heteroatoms. The molecule has 5 rings (SSSR count). The van der Waals surface area contributed by atoms with Crippen LogP contribution in [0.25, 0.3) is 23.0 Å². The van der Waals surface area contributed by atoms with Crippen LogP contribution in [0.3, 0.4) is 0 Å². The Kier molecular flexibility index (Phi) is 6.61. The van der Waals surface area contributed by atoms with Crippen molar-refractivity contribution in [3.8, 4) is 22.7 Å². The fourth-order valence-corrected chi connectivity index (χ4v) is 4.29. The molecule has 1 aromatic heterocycles. The third kappa shape index (κ3) is 5.11. The van der Waals surface area contributed by atoms with Crippen molar-refractivity contribution in [1.82, 2.24) is 14.7 Å². The van der Waals surface area contributed by atoms with E-state index in [1.165, 1.54) is 5.69 Å². The number of anilines is 1. The van der Waals surface area contributed by atoms with Gasteiger partial charge in [0, 0.05) is 55.3 Å². The van der Waals surface area contributed by atoms with Crippen LogP contribution in [0.15, 0.2) is 97.2 Å². The van der Waals surface area contributed by atoms with Gasteiger partial charge < -0.3 is 14.5 Å². The number of piperazine rings is 1. The average molecular weight is 465 g/mol. The molecule has 35 heavy (non-hydrogen) atoms. The van der Waals surface area contributed by atoms with Gasteiger partial charge in [0.25, 0.3) is 0 Å². The molecule has 0 spiro atoms. The quantitative estimate of drug-likeness (QED) is 0.381. The molecule has 176 valence electrons. The van der Waals surface area contributed by atoms with Crippen molar-refractivity contribution in [1.29, 1.82) is 0 Å². The number of ether oxygens (including phenoxy) is 1. The molecule has 0 N–H and O–H groups in total. The van der Waals surface area contributed by atoms with Crippen molar-refractivity contribution in [2.24, 2.45) is 0 Å². The van der Waals surface area contributed by atoms with E-state index >= 15 is 0 Å². The lowest BCUT2D eigenvalue weighted by Gasteiger charge is -2.35. The van der Waals surface area contributed by atoms with Crippen molar-refractivity contribution in [3.63, 3.8) is 0 Å². The van der Waals surface area contributed by atoms with Gasteiger partial charge in [-0.3, -0.25) is 4.79 Å². The third-order valence-electron chi connectivity index (χ3n) is 6.24. The first kappa shape index (κ1) is 22.5. The van der Waals surface area contributed by atoms with E-state index in [1.807, 2.05) is 94.7 Å². The summed E-state index contributed by atoms with van der Waals surface area (Å²) in [5, 5.41) is 4.83.